The summed E-state index contributed by atoms with van der Waals surface area (Å²) in [5.41, 5.74) is 4.47. The van der Waals surface area contributed by atoms with E-state index in [0.29, 0.717) is 5.69 Å². The number of carbonyl (C=O) groups is 1. The van der Waals surface area contributed by atoms with Gasteiger partial charge in [0.25, 0.3) is 5.91 Å². The molecule has 2 aromatic rings. The van der Waals surface area contributed by atoms with E-state index in [4.69, 9.17) is 4.74 Å². The van der Waals surface area contributed by atoms with Crippen molar-refractivity contribution < 1.29 is 9.53 Å². The van der Waals surface area contributed by atoms with Crippen molar-refractivity contribution >= 4 is 5.91 Å². The lowest BCUT2D eigenvalue weighted by atomic mass is 9.89. The topological polar surface area (TPSA) is 70.2 Å². The van der Waals surface area contributed by atoms with Gasteiger partial charge in [-0.15, -0.1) is 0 Å². The highest BCUT2D eigenvalue weighted by molar-refractivity contribution is 5.94. The summed E-state index contributed by atoms with van der Waals surface area (Å²) in [7, 11) is 2.07. The smallest absolute Gasteiger partial charge is 0.272 e. The van der Waals surface area contributed by atoms with Gasteiger partial charge >= 0.3 is 0 Å². The first-order valence-electron chi connectivity index (χ1n) is 9.17. The standard InChI is InChI=1S/C20H26N4O2/c1-12-5-6-13-16(10-20(2,3)26-17(13)9-12)21-19(25)18-14-11-24(4)8-7-15(14)22-23-18/h5-6,9,16H,7-8,10-11H2,1-4H3,(H,21,25)(H,22,23). The van der Waals surface area contributed by atoms with Crippen molar-refractivity contribution in [3.63, 3.8) is 0 Å². The Hall–Kier alpha value is -2.34. The average Bonchev–Trinajstić information content (AvgIpc) is 2.96. The summed E-state index contributed by atoms with van der Waals surface area (Å²) in [4.78, 5) is 15.2. The summed E-state index contributed by atoms with van der Waals surface area (Å²) < 4.78 is 6.13. The number of likely N-dealkylation sites (N-methyl/N-ethyl adjacent to an activating group) is 1. The van der Waals surface area contributed by atoms with Crippen molar-refractivity contribution in [3.8, 4) is 5.75 Å². The number of aromatic amines is 1. The third-order valence-corrected chi connectivity index (χ3v) is 5.27. The summed E-state index contributed by atoms with van der Waals surface area (Å²) in [6, 6.07) is 6.07. The van der Waals surface area contributed by atoms with Crippen LogP contribution in [0.25, 0.3) is 0 Å². The van der Waals surface area contributed by atoms with Crippen molar-refractivity contribution in [2.24, 2.45) is 0 Å². The number of rotatable bonds is 2. The average molecular weight is 354 g/mol. The molecule has 0 saturated heterocycles. The highest BCUT2D eigenvalue weighted by atomic mass is 16.5. The van der Waals surface area contributed by atoms with Gasteiger partial charge in [-0.25, -0.2) is 0 Å². The second-order valence-corrected chi connectivity index (χ2v) is 8.15. The fourth-order valence-electron chi connectivity index (χ4n) is 3.93. The van der Waals surface area contributed by atoms with Gasteiger partial charge in [-0.2, -0.15) is 5.10 Å². The Morgan fingerprint density at radius 1 is 1.42 bits per heavy atom. The number of nitrogens with one attached hydrogen (secondary N) is 2. The van der Waals surface area contributed by atoms with Crippen LogP contribution in [-0.2, 0) is 13.0 Å². The Bertz CT molecular complexity index is 855. The minimum Gasteiger partial charge on any atom is -0.487 e. The van der Waals surface area contributed by atoms with Crippen LogP contribution in [0.3, 0.4) is 0 Å². The molecular formula is C20H26N4O2. The quantitative estimate of drug-likeness (QED) is 0.870. The molecular weight excluding hydrogens is 328 g/mol. The third kappa shape index (κ3) is 3.09. The van der Waals surface area contributed by atoms with Crippen LogP contribution in [0.4, 0.5) is 0 Å². The van der Waals surface area contributed by atoms with Crippen LogP contribution in [0.1, 0.15) is 59.2 Å². The van der Waals surface area contributed by atoms with Crippen LogP contribution < -0.4 is 10.1 Å². The molecule has 138 valence electrons. The molecule has 0 aliphatic carbocycles. The molecule has 2 N–H and O–H groups in total. The van der Waals surface area contributed by atoms with Gasteiger partial charge < -0.3 is 15.0 Å². The zero-order valence-corrected chi connectivity index (χ0v) is 15.8. The number of fused-ring (bicyclic) bond motifs is 2. The predicted octanol–water partition coefficient (Wildman–Crippen LogP) is 2.74. The van der Waals surface area contributed by atoms with Crippen molar-refractivity contribution in [3.05, 3.63) is 46.3 Å². The molecule has 3 heterocycles. The number of carbonyl (C=O) groups excluding carboxylic acids is 1. The van der Waals surface area contributed by atoms with Gasteiger partial charge in [0.15, 0.2) is 5.69 Å². The molecule has 0 saturated carbocycles. The summed E-state index contributed by atoms with van der Waals surface area (Å²) in [5, 5.41) is 10.6. The van der Waals surface area contributed by atoms with Crippen molar-refractivity contribution in [1.29, 1.82) is 0 Å². The number of ether oxygens (including phenoxy) is 1. The van der Waals surface area contributed by atoms with Gasteiger partial charge in [0.2, 0.25) is 0 Å². The summed E-state index contributed by atoms with van der Waals surface area (Å²) >= 11 is 0. The number of amides is 1. The Morgan fingerprint density at radius 3 is 3.04 bits per heavy atom. The van der Waals surface area contributed by atoms with E-state index in [1.54, 1.807) is 0 Å². The fraction of sp³-hybridized carbons (Fsp3) is 0.500. The maximum Gasteiger partial charge on any atom is 0.272 e. The minimum absolute atomic E-state index is 0.0875. The van der Waals surface area contributed by atoms with Gasteiger partial charge in [-0.05, 0) is 39.4 Å². The normalized spacial score (nSPS) is 21.5. The zero-order chi connectivity index (χ0) is 18.5. The molecule has 0 spiro atoms. The van der Waals surface area contributed by atoms with E-state index in [1.165, 1.54) is 0 Å². The first-order chi connectivity index (χ1) is 12.3. The SMILES string of the molecule is Cc1ccc2c(c1)OC(C)(C)CC2NC(=O)c1n[nH]c2c1CN(C)CC2. The molecule has 0 bridgehead atoms. The lowest BCUT2D eigenvalue weighted by molar-refractivity contribution is 0.0617. The number of H-pyrrole nitrogens is 1. The summed E-state index contributed by atoms with van der Waals surface area (Å²) in [6.45, 7) is 7.90. The number of aromatic nitrogens is 2. The Labute approximate surface area is 153 Å². The van der Waals surface area contributed by atoms with Crippen LogP contribution in [0, 0.1) is 6.92 Å². The molecule has 1 aromatic heterocycles. The maximum atomic E-state index is 13.0. The second-order valence-electron chi connectivity index (χ2n) is 8.15. The molecule has 1 aromatic carbocycles. The molecule has 2 aliphatic heterocycles. The van der Waals surface area contributed by atoms with Gasteiger partial charge in [0, 0.05) is 42.8 Å². The van der Waals surface area contributed by atoms with E-state index in [-0.39, 0.29) is 17.6 Å². The maximum absolute atomic E-state index is 13.0. The highest BCUT2D eigenvalue weighted by Gasteiger charge is 2.35. The minimum atomic E-state index is -0.329. The molecule has 0 radical (unpaired) electrons. The van der Waals surface area contributed by atoms with Crippen molar-refractivity contribution in [2.45, 2.75) is 51.8 Å². The molecule has 1 amide bonds. The van der Waals surface area contributed by atoms with Gasteiger partial charge in [0.1, 0.15) is 11.4 Å². The third-order valence-electron chi connectivity index (χ3n) is 5.27. The number of benzene rings is 1. The van der Waals surface area contributed by atoms with E-state index >= 15 is 0 Å². The molecule has 6 heteroatoms. The first-order valence-corrected chi connectivity index (χ1v) is 9.17. The van der Waals surface area contributed by atoms with Crippen LogP contribution in [-0.4, -0.2) is 40.2 Å². The fourth-order valence-corrected chi connectivity index (χ4v) is 3.93. The number of hydrogen-bond acceptors (Lipinski definition) is 4. The highest BCUT2D eigenvalue weighted by Crippen LogP contribution is 2.40. The van der Waals surface area contributed by atoms with Gasteiger partial charge in [-0.1, -0.05) is 12.1 Å². The van der Waals surface area contributed by atoms with Gasteiger partial charge in [-0.3, -0.25) is 9.89 Å². The molecule has 1 atom stereocenters. The van der Waals surface area contributed by atoms with E-state index < -0.39 is 0 Å². The molecule has 0 fully saturated rings. The first kappa shape index (κ1) is 17.1. The number of aryl methyl sites for hydroxylation is 1. The molecule has 6 nitrogen and oxygen atoms in total. The predicted molar refractivity (Wildman–Crippen MR) is 99.3 cm³/mol. The Kier molecular flexibility index (Phi) is 4.03. The Morgan fingerprint density at radius 2 is 2.23 bits per heavy atom. The molecule has 1 unspecified atom stereocenters. The van der Waals surface area contributed by atoms with E-state index in [0.717, 1.165) is 54.1 Å². The monoisotopic (exact) mass is 354 g/mol. The Balaban J connectivity index is 1.62. The molecule has 2 aliphatic rings. The van der Waals surface area contributed by atoms with Gasteiger partial charge in [0.05, 0.1) is 6.04 Å². The largest absolute Gasteiger partial charge is 0.487 e. The molecule has 4 rings (SSSR count). The van der Waals surface area contributed by atoms with Crippen LogP contribution in [0.15, 0.2) is 18.2 Å². The van der Waals surface area contributed by atoms with Crippen LogP contribution >= 0.6 is 0 Å². The van der Waals surface area contributed by atoms with Crippen LogP contribution in [0.2, 0.25) is 0 Å². The zero-order valence-electron chi connectivity index (χ0n) is 15.8. The van der Waals surface area contributed by atoms with Crippen LogP contribution in [0.5, 0.6) is 5.75 Å². The van der Waals surface area contributed by atoms with E-state index in [1.807, 2.05) is 13.0 Å². The second kappa shape index (κ2) is 6.13. The lowest BCUT2D eigenvalue weighted by Gasteiger charge is -2.38. The lowest BCUT2D eigenvalue weighted by Crippen LogP contribution is -2.41. The van der Waals surface area contributed by atoms with E-state index in [2.05, 4.69) is 53.4 Å². The van der Waals surface area contributed by atoms with Crippen molar-refractivity contribution in [2.75, 3.05) is 13.6 Å². The summed E-state index contributed by atoms with van der Waals surface area (Å²) in [5.74, 6) is 0.738. The van der Waals surface area contributed by atoms with Crippen molar-refractivity contribution in [1.82, 2.24) is 20.4 Å². The van der Waals surface area contributed by atoms with E-state index in [9.17, 15) is 4.79 Å². The number of hydrogen-bond donors (Lipinski definition) is 2. The molecule has 26 heavy (non-hydrogen) atoms. The summed E-state index contributed by atoms with van der Waals surface area (Å²) in [6.07, 6.45) is 1.62. The number of nitrogens with zero attached hydrogens (tertiary/aromatic N) is 2.